The second-order valence-corrected chi connectivity index (χ2v) is 6.86. The topological polar surface area (TPSA) is 64.3 Å². The first-order valence-electron chi connectivity index (χ1n) is 8.22. The van der Waals surface area contributed by atoms with Crippen molar-refractivity contribution in [3.63, 3.8) is 0 Å². The van der Waals surface area contributed by atoms with E-state index in [1.807, 2.05) is 0 Å². The molecule has 0 aromatic carbocycles. The van der Waals surface area contributed by atoms with Gasteiger partial charge in [-0.15, -0.1) is 0 Å². The van der Waals surface area contributed by atoms with Crippen LogP contribution in [-0.2, 0) is 9.53 Å². The van der Waals surface area contributed by atoms with Gasteiger partial charge in [-0.2, -0.15) is 0 Å². The fourth-order valence-corrected chi connectivity index (χ4v) is 3.53. The van der Waals surface area contributed by atoms with Crippen LogP contribution in [0.1, 0.15) is 58.8 Å². The highest BCUT2D eigenvalue weighted by Crippen LogP contribution is 2.38. The molecule has 3 N–H and O–H groups in total. The van der Waals surface area contributed by atoms with E-state index in [1.54, 1.807) is 0 Å². The molecule has 1 aliphatic carbocycles. The van der Waals surface area contributed by atoms with Gasteiger partial charge in [0.25, 0.3) is 0 Å². The molecule has 4 nitrogen and oxygen atoms in total. The molecule has 1 unspecified atom stereocenters. The summed E-state index contributed by atoms with van der Waals surface area (Å²) in [4.78, 5) is 12.0. The van der Waals surface area contributed by atoms with Gasteiger partial charge in [0.2, 0.25) is 5.91 Å². The Bertz CT molecular complexity index is 322. The second kappa shape index (κ2) is 6.90. The minimum atomic E-state index is -0.295. The minimum absolute atomic E-state index is 0.0568. The Labute approximate surface area is 122 Å². The first kappa shape index (κ1) is 15.8. The van der Waals surface area contributed by atoms with Crippen LogP contribution in [0.3, 0.4) is 0 Å². The Kier molecular flexibility index (Phi) is 5.44. The van der Waals surface area contributed by atoms with Gasteiger partial charge in [0, 0.05) is 13.1 Å². The molecule has 1 saturated carbocycles. The summed E-state index contributed by atoms with van der Waals surface area (Å²) in [6, 6.07) is 0. The highest BCUT2D eigenvalue weighted by Gasteiger charge is 2.39. The van der Waals surface area contributed by atoms with Gasteiger partial charge in [0.15, 0.2) is 0 Å². The van der Waals surface area contributed by atoms with Crippen LogP contribution >= 0.6 is 0 Å². The Hall–Kier alpha value is -0.610. The lowest BCUT2D eigenvalue weighted by molar-refractivity contribution is -0.153. The van der Waals surface area contributed by atoms with Gasteiger partial charge in [0.1, 0.15) is 6.10 Å². The lowest BCUT2D eigenvalue weighted by Gasteiger charge is -2.42. The maximum atomic E-state index is 12.0. The average molecular weight is 282 g/mol. The number of hydrogen-bond acceptors (Lipinski definition) is 3. The highest BCUT2D eigenvalue weighted by molar-refractivity contribution is 5.81. The third-order valence-corrected chi connectivity index (χ3v) is 5.13. The van der Waals surface area contributed by atoms with Crippen molar-refractivity contribution in [2.75, 3.05) is 13.1 Å². The van der Waals surface area contributed by atoms with Gasteiger partial charge in [-0.3, -0.25) is 4.79 Å². The first-order valence-corrected chi connectivity index (χ1v) is 8.22. The Balaban J connectivity index is 1.96. The normalized spacial score (nSPS) is 35.7. The van der Waals surface area contributed by atoms with E-state index >= 15 is 0 Å². The van der Waals surface area contributed by atoms with E-state index in [0.29, 0.717) is 6.54 Å². The van der Waals surface area contributed by atoms with Gasteiger partial charge in [-0.1, -0.05) is 13.8 Å². The highest BCUT2D eigenvalue weighted by atomic mass is 16.5. The maximum Gasteiger partial charge on any atom is 0.249 e. The molecular formula is C16H30N2O2. The molecular weight excluding hydrogens is 252 g/mol. The Morgan fingerprint density at radius 3 is 2.60 bits per heavy atom. The Morgan fingerprint density at radius 1 is 1.30 bits per heavy atom. The predicted molar refractivity (Wildman–Crippen MR) is 80.3 cm³/mol. The van der Waals surface area contributed by atoms with Crippen LogP contribution in [0.25, 0.3) is 0 Å². The van der Waals surface area contributed by atoms with Crippen LogP contribution in [0, 0.1) is 11.8 Å². The number of carbonyl (C=O) groups is 1. The van der Waals surface area contributed by atoms with Crippen LogP contribution in [0.4, 0.5) is 0 Å². The summed E-state index contributed by atoms with van der Waals surface area (Å²) in [6.45, 7) is 5.89. The molecule has 1 saturated heterocycles. The third kappa shape index (κ3) is 3.73. The minimum Gasteiger partial charge on any atom is -0.361 e. The number of nitrogens with two attached hydrogens (primary N) is 1. The van der Waals surface area contributed by atoms with Gasteiger partial charge in [-0.05, 0) is 56.8 Å². The van der Waals surface area contributed by atoms with Gasteiger partial charge >= 0.3 is 0 Å². The largest absolute Gasteiger partial charge is 0.361 e. The summed E-state index contributed by atoms with van der Waals surface area (Å²) >= 11 is 0. The zero-order valence-corrected chi connectivity index (χ0v) is 13.0. The van der Waals surface area contributed by atoms with Crippen molar-refractivity contribution in [3.05, 3.63) is 0 Å². The summed E-state index contributed by atoms with van der Waals surface area (Å²) in [7, 11) is 0. The average Bonchev–Trinajstić information content (AvgIpc) is 2.64. The van der Waals surface area contributed by atoms with E-state index in [2.05, 4.69) is 19.2 Å². The fraction of sp³-hybridized carbons (Fsp3) is 0.938. The zero-order chi connectivity index (χ0) is 14.6. The number of ether oxygens (including phenoxy) is 1. The van der Waals surface area contributed by atoms with E-state index in [-0.39, 0.29) is 17.6 Å². The zero-order valence-electron chi connectivity index (χ0n) is 13.0. The standard InChI is InChI=1S/C16H30N2O2/c1-12(2)13-6-8-16(11-17,9-7-13)20-14-5-3-4-10-18-15(14)19/h12-14H,3-11,17H2,1-2H3,(H,18,19). The third-order valence-electron chi connectivity index (χ3n) is 5.13. The number of amides is 1. The van der Waals surface area contributed by atoms with E-state index in [9.17, 15) is 4.79 Å². The lowest BCUT2D eigenvalue weighted by Crippen LogP contribution is -2.49. The second-order valence-electron chi connectivity index (χ2n) is 6.86. The van der Waals surface area contributed by atoms with Crippen LogP contribution in [0.5, 0.6) is 0 Å². The fourth-order valence-electron chi connectivity index (χ4n) is 3.53. The van der Waals surface area contributed by atoms with Gasteiger partial charge < -0.3 is 15.8 Å². The molecule has 0 aromatic heterocycles. The molecule has 0 radical (unpaired) electrons. The molecule has 20 heavy (non-hydrogen) atoms. The van der Waals surface area contributed by atoms with Crippen LogP contribution < -0.4 is 11.1 Å². The molecule has 4 heteroatoms. The van der Waals surface area contributed by atoms with Crippen LogP contribution in [0.15, 0.2) is 0 Å². The first-order chi connectivity index (χ1) is 9.56. The SMILES string of the molecule is CC(C)C1CCC(CN)(OC2CCCCNC2=O)CC1. The number of rotatable bonds is 4. The van der Waals surface area contributed by atoms with E-state index in [4.69, 9.17) is 10.5 Å². The summed E-state index contributed by atoms with van der Waals surface area (Å²) in [5.41, 5.74) is 5.74. The van der Waals surface area contributed by atoms with Crippen molar-refractivity contribution < 1.29 is 9.53 Å². The monoisotopic (exact) mass is 282 g/mol. The molecule has 1 atom stereocenters. The molecule has 0 aromatic rings. The van der Waals surface area contributed by atoms with Gasteiger partial charge in [0.05, 0.1) is 5.60 Å². The van der Waals surface area contributed by atoms with E-state index in [0.717, 1.165) is 50.5 Å². The Morgan fingerprint density at radius 2 is 2.00 bits per heavy atom. The summed E-state index contributed by atoms with van der Waals surface area (Å²) in [6.07, 6.45) is 6.98. The molecule has 1 aliphatic heterocycles. The van der Waals surface area contributed by atoms with Crippen molar-refractivity contribution in [3.8, 4) is 0 Å². The van der Waals surface area contributed by atoms with Crippen molar-refractivity contribution in [2.45, 2.75) is 70.5 Å². The number of carbonyl (C=O) groups excluding carboxylic acids is 1. The molecule has 2 fully saturated rings. The van der Waals surface area contributed by atoms with E-state index in [1.165, 1.54) is 12.8 Å². The van der Waals surface area contributed by atoms with Crippen molar-refractivity contribution in [1.82, 2.24) is 5.32 Å². The number of hydrogen-bond donors (Lipinski definition) is 2. The van der Waals surface area contributed by atoms with Crippen LogP contribution in [0.2, 0.25) is 0 Å². The van der Waals surface area contributed by atoms with Crippen LogP contribution in [-0.4, -0.2) is 30.7 Å². The molecule has 1 heterocycles. The van der Waals surface area contributed by atoms with Crippen molar-refractivity contribution in [2.24, 2.45) is 17.6 Å². The quantitative estimate of drug-likeness (QED) is 0.831. The summed E-state index contributed by atoms with van der Waals surface area (Å²) in [5, 5.41) is 2.95. The van der Waals surface area contributed by atoms with Gasteiger partial charge in [-0.25, -0.2) is 0 Å². The predicted octanol–water partition coefficient (Wildman–Crippen LogP) is 2.22. The molecule has 0 bridgehead atoms. The van der Waals surface area contributed by atoms with Crippen molar-refractivity contribution >= 4 is 5.91 Å². The molecule has 116 valence electrons. The lowest BCUT2D eigenvalue weighted by atomic mass is 9.74. The molecule has 0 spiro atoms. The molecule has 1 amide bonds. The molecule has 2 aliphatic rings. The number of nitrogens with one attached hydrogen (secondary N) is 1. The van der Waals surface area contributed by atoms with E-state index < -0.39 is 0 Å². The maximum absolute atomic E-state index is 12.0. The summed E-state index contributed by atoms with van der Waals surface area (Å²) in [5.74, 6) is 1.56. The summed E-state index contributed by atoms with van der Waals surface area (Å²) < 4.78 is 6.25. The smallest absolute Gasteiger partial charge is 0.249 e. The molecule has 2 rings (SSSR count). The van der Waals surface area contributed by atoms with Crippen molar-refractivity contribution in [1.29, 1.82) is 0 Å².